The number of hydrogen-bond acceptors (Lipinski definition) is 5. The van der Waals surface area contributed by atoms with Crippen LogP contribution in [0.3, 0.4) is 0 Å². The number of carbonyl (C=O) groups is 2. The molecule has 1 atom stereocenters. The molecule has 1 heterocycles. The number of benzene rings is 3. The van der Waals surface area contributed by atoms with Gasteiger partial charge in [-0.2, -0.15) is 0 Å². The molecule has 3 aromatic carbocycles. The highest BCUT2D eigenvalue weighted by atomic mass is 32.2. The summed E-state index contributed by atoms with van der Waals surface area (Å²) in [6, 6.07) is 15.8. The van der Waals surface area contributed by atoms with Crippen LogP contribution in [0, 0.1) is 19.7 Å². The van der Waals surface area contributed by atoms with E-state index in [1.807, 2.05) is 39.8 Å². The lowest BCUT2D eigenvalue weighted by molar-refractivity contribution is 0.0942. The van der Waals surface area contributed by atoms with Crippen molar-refractivity contribution in [3.05, 3.63) is 99.1 Å². The molecular weight excluding hydrogens is 489 g/mol. The third kappa shape index (κ3) is 5.64. The van der Waals surface area contributed by atoms with Crippen molar-refractivity contribution in [2.24, 2.45) is 0 Å². The van der Waals surface area contributed by atoms with Crippen molar-refractivity contribution in [3.63, 3.8) is 0 Å². The van der Waals surface area contributed by atoms with E-state index in [9.17, 15) is 18.8 Å². The Balaban J connectivity index is 1.83. The van der Waals surface area contributed by atoms with Crippen LogP contribution in [0.2, 0.25) is 0 Å². The number of Topliss-reactive ketones (excluding diaryl/α,β-unsaturated/α-hetero) is 1. The lowest BCUT2D eigenvalue weighted by atomic mass is 10.0. The zero-order valence-electron chi connectivity index (χ0n) is 21.3. The monoisotopic (exact) mass is 517 g/mol. The number of amides is 1. The summed E-state index contributed by atoms with van der Waals surface area (Å²) in [6.07, 6.45) is 0. The number of ketones is 1. The number of aryl methyl sites for hydroxylation is 2. The second kappa shape index (κ2) is 10.7. The van der Waals surface area contributed by atoms with Gasteiger partial charge in [-0.3, -0.25) is 19.0 Å². The van der Waals surface area contributed by atoms with Gasteiger partial charge >= 0.3 is 0 Å². The Bertz CT molecular complexity index is 1580. The van der Waals surface area contributed by atoms with Crippen LogP contribution in [0.4, 0.5) is 4.39 Å². The van der Waals surface area contributed by atoms with Gasteiger partial charge < -0.3 is 5.32 Å². The molecule has 0 aliphatic rings. The van der Waals surface area contributed by atoms with Crippen molar-refractivity contribution in [2.75, 3.05) is 0 Å². The molecule has 0 saturated heterocycles. The van der Waals surface area contributed by atoms with Crippen molar-refractivity contribution in [1.29, 1.82) is 0 Å². The van der Waals surface area contributed by atoms with E-state index in [-0.39, 0.29) is 28.3 Å². The van der Waals surface area contributed by atoms with Crippen molar-refractivity contribution in [1.82, 2.24) is 14.9 Å². The minimum Gasteiger partial charge on any atom is -0.350 e. The normalized spacial score (nSPS) is 12.1. The number of hydrogen-bond donors (Lipinski definition) is 1. The van der Waals surface area contributed by atoms with Crippen LogP contribution in [0.1, 0.15) is 52.6 Å². The summed E-state index contributed by atoms with van der Waals surface area (Å²) in [5.74, 6) is -0.890. The first-order valence-corrected chi connectivity index (χ1v) is 12.8. The van der Waals surface area contributed by atoms with Gasteiger partial charge in [-0.25, -0.2) is 9.37 Å². The molecular formula is C29H28FN3O3S. The van der Waals surface area contributed by atoms with Crippen LogP contribution in [0.5, 0.6) is 0 Å². The molecule has 0 fully saturated rings. The van der Waals surface area contributed by atoms with Gasteiger partial charge in [-0.1, -0.05) is 30.0 Å². The average Bonchev–Trinajstić information content (AvgIpc) is 2.84. The molecule has 190 valence electrons. The van der Waals surface area contributed by atoms with Gasteiger partial charge in [0.2, 0.25) is 0 Å². The molecule has 4 rings (SSSR count). The highest BCUT2D eigenvalue weighted by Gasteiger charge is 2.22. The topological polar surface area (TPSA) is 81.1 Å². The average molecular weight is 518 g/mol. The summed E-state index contributed by atoms with van der Waals surface area (Å²) >= 11 is 1.12. The van der Waals surface area contributed by atoms with Crippen LogP contribution in [0.15, 0.2) is 70.6 Å². The third-order valence-electron chi connectivity index (χ3n) is 6.03. The van der Waals surface area contributed by atoms with Crippen LogP contribution < -0.4 is 10.9 Å². The van der Waals surface area contributed by atoms with E-state index < -0.39 is 16.6 Å². The number of thioether (sulfide) groups is 1. The van der Waals surface area contributed by atoms with Gasteiger partial charge in [-0.15, -0.1) is 0 Å². The van der Waals surface area contributed by atoms with Gasteiger partial charge in [0.05, 0.1) is 21.8 Å². The number of nitrogens with one attached hydrogen (secondary N) is 1. The highest BCUT2D eigenvalue weighted by Crippen LogP contribution is 2.28. The molecule has 4 aromatic rings. The molecule has 0 aliphatic heterocycles. The summed E-state index contributed by atoms with van der Waals surface area (Å²) < 4.78 is 15.4. The van der Waals surface area contributed by atoms with E-state index in [1.54, 1.807) is 37.3 Å². The SMILES string of the molecule is Cc1ccc(C(=O)C(C)Sc2nc3cc(C(=O)NC(C)C)ccc3c(=O)n2-c2cccc(F)c2)cc1C. The van der Waals surface area contributed by atoms with E-state index in [2.05, 4.69) is 10.3 Å². The molecule has 1 amide bonds. The Morgan fingerprint density at radius 2 is 1.68 bits per heavy atom. The van der Waals surface area contributed by atoms with Gasteiger partial charge in [0, 0.05) is 17.2 Å². The fraction of sp³-hybridized carbons (Fsp3) is 0.241. The van der Waals surface area contributed by atoms with Crippen molar-refractivity contribution in [2.45, 2.75) is 51.1 Å². The number of rotatable bonds is 7. The van der Waals surface area contributed by atoms with Crippen molar-refractivity contribution < 1.29 is 14.0 Å². The first-order chi connectivity index (χ1) is 17.5. The largest absolute Gasteiger partial charge is 0.350 e. The van der Waals surface area contributed by atoms with Crippen LogP contribution in [0.25, 0.3) is 16.6 Å². The first-order valence-electron chi connectivity index (χ1n) is 12.0. The van der Waals surface area contributed by atoms with Crippen molar-refractivity contribution in [3.8, 4) is 5.69 Å². The maximum absolute atomic E-state index is 14.1. The summed E-state index contributed by atoms with van der Waals surface area (Å²) in [5.41, 5.74) is 3.24. The first kappa shape index (κ1) is 26.3. The number of aromatic nitrogens is 2. The van der Waals surface area contributed by atoms with E-state index in [1.165, 1.54) is 22.8 Å². The standard InChI is InChI=1S/C29H28FN3O3S/c1-16(2)31-27(35)21-11-12-24-25(14-21)32-29(33(28(24)36)23-8-6-7-22(30)15-23)37-19(5)26(34)20-10-9-17(3)18(4)13-20/h6-16,19H,1-5H3,(H,31,35). The van der Waals surface area contributed by atoms with E-state index in [0.717, 1.165) is 22.9 Å². The Morgan fingerprint density at radius 3 is 2.35 bits per heavy atom. The minimum atomic E-state index is -0.585. The Kier molecular flexibility index (Phi) is 7.59. The molecule has 37 heavy (non-hydrogen) atoms. The molecule has 0 spiro atoms. The molecule has 1 aromatic heterocycles. The Morgan fingerprint density at radius 1 is 0.946 bits per heavy atom. The molecule has 0 radical (unpaired) electrons. The predicted octanol–water partition coefficient (Wildman–Crippen LogP) is 5.64. The third-order valence-corrected chi connectivity index (χ3v) is 7.08. The zero-order chi connectivity index (χ0) is 26.9. The smallest absolute Gasteiger partial charge is 0.266 e. The lowest BCUT2D eigenvalue weighted by Crippen LogP contribution is -2.30. The fourth-order valence-electron chi connectivity index (χ4n) is 3.92. The maximum Gasteiger partial charge on any atom is 0.266 e. The Labute approximate surface area is 218 Å². The Hall–Kier alpha value is -3.78. The molecule has 8 heteroatoms. The molecule has 0 saturated carbocycles. The number of halogens is 1. The molecule has 6 nitrogen and oxygen atoms in total. The number of carbonyl (C=O) groups excluding carboxylic acids is 2. The number of fused-ring (bicyclic) bond motifs is 1. The molecule has 1 N–H and O–H groups in total. The van der Waals surface area contributed by atoms with Gasteiger partial charge in [0.1, 0.15) is 5.82 Å². The molecule has 0 bridgehead atoms. The van der Waals surface area contributed by atoms with Crippen molar-refractivity contribution >= 4 is 34.4 Å². The second-order valence-corrected chi connectivity index (χ2v) is 10.6. The quantitative estimate of drug-likeness (QED) is 0.195. The molecule has 0 aliphatic carbocycles. The summed E-state index contributed by atoms with van der Waals surface area (Å²) in [6.45, 7) is 9.40. The predicted molar refractivity (Wildman–Crippen MR) is 145 cm³/mol. The second-order valence-electron chi connectivity index (χ2n) is 9.30. The molecule has 1 unspecified atom stereocenters. The highest BCUT2D eigenvalue weighted by molar-refractivity contribution is 8.00. The van der Waals surface area contributed by atoms with Gasteiger partial charge in [-0.05, 0) is 88.2 Å². The summed E-state index contributed by atoms with van der Waals surface area (Å²) in [7, 11) is 0. The van der Waals surface area contributed by atoms with E-state index in [0.29, 0.717) is 22.3 Å². The van der Waals surface area contributed by atoms with Crippen LogP contribution in [-0.2, 0) is 0 Å². The van der Waals surface area contributed by atoms with Gasteiger partial charge in [0.15, 0.2) is 10.9 Å². The minimum absolute atomic E-state index is 0.0551. The summed E-state index contributed by atoms with van der Waals surface area (Å²) in [5, 5.41) is 2.76. The zero-order valence-corrected chi connectivity index (χ0v) is 22.2. The van der Waals surface area contributed by atoms with Gasteiger partial charge in [0.25, 0.3) is 11.5 Å². The summed E-state index contributed by atoms with van der Waals surface area (Å²) in [4.78, 5) is 44.1. The fourth-order valence-corrected chi connectivity index (χ4v) is 4.92. The van der Waals surface area contributed by atoms with Crippen LogP contribution >= 0.6 is 11.8 Å². The van der Waals surface area contributed by atoms with E-state index >= 15 is 0 Å². The number of nitrogens with zero attached hydrogens (tertiary/aromatic N) is 2. The maximum atomic E-state index is 14.1. The van der Waals surface area contributed by atoms with E-state index in [4.69, 9.17) is 0 Å². The lowest BCUT2D eigenvalue weighted by Gasteiger charge is -2.17. The van der Waals surface area contributed by atoms with Crippen LogP contribution in [-0.4, -0.2) is 32.5 Å².